The molecule has 0 N–H and O–H groups in total. The molecule has 2 aromatic rings. The second kappa shape index (κ2) is 12.0. The Labute approximate surface area is 252 Å². The number of nitriles is 1. The first kappa shape index (κ1) is 29.4. The molecule has 5 rings (SSSR count). The van der Waals surface area contributed by atoms with E-state index in [-0.39, 0.29) is 29.8 Å². The van der Waals surface area contributed by atoms with E-state index in [9.17, 15) is 10.1 Å². The van der Waals surface area contributed by atoms with Crippen molar-refractivity contribution in [1.29, 1.82) is 5.26 Å². The van der Waals surface area contributed by atoms with Crippen LogP contribution >= 0.6 is 23.2 Å². The van der Waals surface area contributed by atoms with Gasteiger partial charge in [-0.3, -0.25) is 4.79 Å². The zero-order valence-electron chi connectivity index (χ0n) is 23.9. The van der Waals surface area contributed by atoms with Gasteiger partial charge in [0.05, 0.1) is 53.1 Å². The van der Waals surface area contributed by atoms with Gasteiger partial charge in [0.25, 0.3) is 0 Å². The van der Waals surface area contributed by atoms with E-state index < -0.39 is 0 Å². The number of carbonyl (C=O) groups excluding carboxylic acids is 1. The first-order valence-corrected chi connectivity index (χ1v) is 14.8. The molecule has 1 saturated heterocycles. The van der Waals surface area contributed by atoms with Gasteiger partial charge >= 0.3 is 6.01 Å². The van der Waals surface area contributed by atoms with E-state index in [4.69, 9.17) is 37.9 Å². The van der Waals surface area contributed by atoms with Gasteiger partial charge in [-0.05, 0) is 58.5 Å². The molecule has 0 bridgehead atoms. The van der Waals surface area contributed by atoms with Gasteiger partial charge in [-0.1, -0.05) is 35.8 Å². The van der Waals surface area contributed by atoms with Crippen LogP contribution in [0.15, 0.2) is 30.9 Å². The van der Waals surface area contributed by atoms with E-state index in [1.807, 2.05) is 18.2 Å². The molecule has 1 aromatic heterocycles. The van der Waals surface area contributed by atoms with Crippen LogP contribution in [0.2, 0.25) is 10.0 Å². The number of amides is 1. The summed E-state index contributed by atoms with van der Waals surface area (Å²) in [6, 6.07) is 7.97. The molecule has 1 unspecified atom stereocenters. The van der Waals surface area contributed by atoms with Crippen LogP contribution in [0.5, 0.6) is 6.01 Å². The third-order valence-electron chi connectivity index (χ3n) is 8.31. The van der Waals surface area contributed by atoms with Gasteiger partial charge in [-0.15, -0.1) is 0 Å². The lowest BCUT2D eigenvalue weighted by atomic mass is 9.97. The van der Waals surface area contributed by atoms with Crippen LogP contribution in [-0.4, -0.2) is 84.6 Å². The van der Waals surface area contributed by atoms with Gasteiger partial charge in [-0.25, -0.2) is 0 Å². The fraction of sp³-hybridized carbons (Fsp3) is 0.533. The summed E-state index contributed by atoms with van der Waals surface area (Å²) >= 11 is 13.2. The number of fused-ring (bicyclic) bond motifs is 1. The molecule has 3 heterocycles. The number of aromatic nitrogens is 2. The number of halogens is 2. The van der Waals surface area contributed by atoms with Crippen molar-refractivity contribution in [3.63, 3.8) is 0 Å². The highest BCUT2D eigenvalue weighted by atomic mass is 35.5. The molecule has 2 aliphatic heterocycles. The highest BCUT2D eigenvalue weighted by Crippen LogP contribution is 2.46. The third kappa shape index (κ3) is 6.25. The Balaban J connectivity index is 1.50. The van der Waals surface area contributed by atoms with Gasteiger partial charge in [0.15, 0.2) is 0 Å². The van der Waals surface area contributed by atoms with Crippen molar-refractivity contribution >= 4 is 40.6 Å². The second-order valence-electron chi connectivity index (χ2n) is 11.7. The molecule has 41 heavy (non-hydrogen) atoms. The van der Waals surface area contributed by atoms with E-state index in [0.717, 1.165) is 42.1 Å². The molecular weight excluding hydrogens is 561 g/mol. The number of ether oxygens (including phenoxy) is 1. The number of para-hydroxylation sites is 1. The van der Waals surface area contributed by atoms with Crippen molar-refractivity contribution in [3.05, 3.63) is 52.2 Å². The number of hydrogen-bond donors (Lipinski definition) is 0. The Kier molecular flexibility index (Phi) is 8.65. The van der Waals surface area contributed by atoms with Crippen molar-refractivity contribution in [2.75, 3.05) is 56.7 Å². The summed E-state index contributed by atoms with van der Waals surface area (Å²) in [7, 11) is 4.16. The lowest BCUT2D eigenvalue weighted by Crippen LogP contribution is -2.55. The first-order valence-electron chi connectivity index (χ1n) is 14.1. The molecule has 3 aliphatic rings. The first-order chi connectivity index (χ1) is 19.6. The van der Waals surface area contributed by atoms with E-state index in [0.29, 0.717) is 55.3 Å². The van der Waals surface area contributed by atoms with Crippen LogP contribution in [0.1, 0.15) is 37.4 Å². The number of carbonyl (C=O) groups is 1. The minimum Gasteiger partial charge on any atom is -0.463 e. The van der Waals surface area contributed by atoms with Crippen molar-refractivity contribution < 1.29 is 9.53 Å². The highest BCUT2D eigenvalue weighted by Gasteiger charge is 2.44. The largest absolute Gasteiger partial charge is 0.463 e. The Morgan fingerprint density at radius 1 is 1.27 bits per heavy atom. The predicted octanol–water partition coefficient (Wildman–Crippen LogP) is 4.57. The fourth-order valence-corrected chi connectivity index (χ4v) is 6.71. The number of hydrogen-bond acceptors (Lipinski definition) is 8. The Morgan fingerprint density at radius 3 is 2.63 bits per heavy atom. The van der Waals surface area contributed by atoms with E-state index in [1.165, 1.54) is 6.08 Å². The van der Waals surface area contributed by atoms with Crippen molar-refractivity contribution in [3.8, 4) is 12.1 Å². The minimum absolute atomic E-state index is 0.0855. The van der Waals surface area contributed by atoms with Crippen LogP contribution in [0.4, 0.5) is 11.5 Å². The number of anilines is 2. The zero-order valence-corrected chi connectivity index (χ0v) is 25.5. The van der Waals surface area contributed by atoms with Crippen molar-refractivity contribution in [1.82, 2.24) is 19.8 Å². The number of benzene rings is 1. The molecule has 0 radical (unpaired) electrons. The monoisotopic (exact) mass is 597 g/mol. The maximum atomic E-state index is 12.5. The normalized spacial score (nSPS) is 21.3. The van der Waals surface area contributed by atoms with Crippen LogP contribution in [0, 0.1) is 16.7 Å². The molecular formula is C30H37Cl2N7O2. The van der Waals surface area contributed by atoms with Gasteiger partial charge < -0.3 is 24.3 Å². The maximum absolute atomic E-state index is 12.5. The lowest BCUT2D eigenvalue weighted by molar-refractivity contribution is -0.128. The van der Waals surface area contributed by atoms with Gasteiger partial charge in [0.2, 0.25) is 5.91 Å². The van der Waals surface area contributed by atoms with Crippen molar-refractivity contribution in [2.45, 2.75) is 51.2 Å². The highest BCUT2D eigenvalue weighted by molar-refractivity contribution is 6.39. The van der Waals surface area contributed by atoms with E-state index in [2.05, 4.69) is 48.4 Å². The maximum Gasteiger partial charge on any atom is 0.318 e. The molecule has 218 valence electrons. The van der Waals surface area contributed by atoms with Gasteiger partial charge in [0.1, 0.15) is 5.82 Å². The molecule has 1 aliphatic carbocycles. The fourth-order valence-electron chi connectivity index (χ4n) is 6.10. The molecule has 11 heteroatoms. The predicted molar refractivity (Wildman–Crippen MR) is 162 cm³/mol. The molecule has 1 aromatic carbocycles. The zero-order chi connectivity index (χ0) is 29.3. The quantitative estimate of drug-likeness (QED) is 0.388. The molecule has 2 fully saturated rings. The van der Waals surface area contributed by atoms with Crippen LogP contribution in [0.3, 0.4) is 0 Å². The van der Waals surface area contributed by atoms with E-state index >= 15 is 0 Å². The SMILES string of the molecule is C=CC(=O)N1CCN(c2nc(OCC3(CN(C)C)CC3)nc3c2C[C@@H](C)N(c2c(Cl)cccc2Cl)C3)CC1CC#N. The van der Waals surface area contributed by atoms with Crippen LogP contribution in [-0.2, 0) is 17.8 Å². The van der Waals surface area contributed by atoms with Gasteiger partial charge in [-0.2, -0.15) is 15.2 Å². The van der Waals surface area contributed by atoms with E-state index in [1.54, 1.807) is 4.90 Å². The Morgan fingerprint density at radius 2 is 2.00 bits per heavy atom. The van der Waals surface area contributed by atoms with Crippen LogP contribution < -0.4 is 14.5 Å². The summed E-state index contributed by atoms with van der Waals surface area (Å²) in [5.74, 6) is 0.656. The molecule has 9 nitrogen and oxygen atoms in total. The topological polar surface area (TPSA) is 88.8 Å². The molecule has 1 saturated carbocycles. The Bertz CT molecular complexity index is 1340. The average Bonchev–Trinajstić information content (AvgIpc) is 3.70. The third-order valence-corrected chi connectivity index (χ3v) is 8.92. The second-order valence-corrected chi connectivity index (χ2v) is 12.5. The van der Waals surface area contributed by atoms with Gasteiger partial charge in [0, 0.05) is 43.2 Å². The summed E-state index contributed by atoms with van der Waals surface area (Å²) in [6.07, 6.45) is 4.47. The van der Waals surface area contributed by atoms with Crippen molar-refractivity contribution in [2.24, 2.45) is 5.41 Å². The minimum atomic E-state index is -0.261. The van der Waals surface area contributed by atoms with Crippen LogP contribution in [0.25, 0.3) is 0 Å². The molecule has 1 amide bonds. The molecule has 0 spiro atoms. The number of nitrogens with zero attached hydrogens (tertiary/aromatic N) is 7. The average molecular weight is 599 g/mol. The standard InChI is InChI=1S/C30H37Cl2N7O2/c1-5-26(40)38-14-13-37(16-21(38)9-12-33)28-22-15-20(2)39(27-23(31)7-6-8-24(27)32)17-25(22)34-29(35-28)41-19-30(10-11-30)18-36(3)4/h5-8,20-21H,1,9-11,13-19H2,2-4H3/t20-,21?/m1/s1. The number of rotatable bonds is 9. The summed E-state index contributed by atoms with van der Waals surface area (Å²) < 4.78 is 6.32. The number of piperazine rings is 1. The summed E-state index contributed by atoms with van der Waals surface area (Å²) in [4.78, 5) is 30.7. The summed E-state index contributed by atoms with van der Waals surface area (Å²) in [6.45, 7) is 9.37. The molecule has 2 atom stereocenters. The Hall–Kier alpha value is -3.06. The lowest BCUT2D eigenvalue weighted by Gasteiger charge is -2.43. The smallest absolute Gasteiger partial charge is 0.318 e. The summed E-state index contributed by atoms with van der Waals surface area (Å²) in [5.41, 5.74) is 2.85. The summed E-state index contributed by atoms with van der Waals surface area (Å²) in [5, 5.41) is 10.7.